The summed E-state index contributed by atoms with van der Waals surface area (Å²) in [6, 6.07) is 15.7. The van der Waals surface area contributed by atoms with Gasteiger partial charge < -0.3 is 10.4 Å². The molecule has 1 fully saturated rings. The number of carbonyl (C=O) groups is 2. The summed E-state index contributed by atoms with van der Waals surface area (Å²) >= 11 is 0. The van der Waals surface area contributed by atoms with Crippen LogP contribution in [0, 0.1) is 5.41 Å². The molecule has 1 aliphatic carbocycles. The Morgan fingerprint density at radius 1 is 1.09 bits per heavy atom. The highest BCUT2D eigenvalue weighted by Gasteiger charge is 2.39. The Morgan fingerprint density at radius 2 is 1.85 bits per heavy atom. The van der Waals surface area contributed by atoms with Crippen molar-refractivity contribution in [1.29, 1.82) is 0 Å². The molecule has 0 saturated heterocycles. The van der Waals surface area contributed by atoms with Gasteiger partial charge in [-0.05, 0) is 54.2 Å². The Kier molecular flexibility index (Phi) is 6.73. The number of rotatable bonds is 7. The lowest BCUT2D eigenvalue weighted by Gasteiger charge is -2.36. The van der Waals surface area contributed by atoms with Crippen LogP contribution in [-0.2, 0) is 23.1 Å². The topological polar surface area (TPSA) is 84.2 Å². The molecule has 0 atom stereocenters. The molecule has 0 bridgehead atoms. The molecule has 0 unspecified atom stereocenters. The first-order valence-corrected chi connectivity index (χ1v) is 11.3. The lowest BCUT2D eigenvalue weighted by molar-refractivity contribution is -0.131. The van der Waals surface area contributed by atoms with Crippen molar-refractivity contribution in [3.05, 3.63) is 78.1 Å². The van der Waals surface area contributed by atoms with Crippen LogP contribution in [0.1, 0.15) is 43.2 Å². The molecule has 1 saturated carbocycles. The van der Waals surface area contributed by atoms with Gasteiger partial charge in [-0.25, -0.2) is 4.79 Å². The van der Waals surface area contributed by atoms with Gasteiger partial charge in [0.15, 0.2) is 0 Å². The molecule has 4 rings (SSSR count). The highest BCUT2D eigenvalue weighted by atomic mass is 16.4. The third kappa shape index (κ3) is 5.58. The number of anilines is 1. The van der Waals surface area contributed by atoms with Crippen molar-refractivity contribution in [3.63, 3.8) is 0 Å². The molecule has 1 aliphatic rings. The van der Waals surface area contributed by atoms with Gasteiger partial charge in [-0.15, -0.1) is 0 Å². The summed E-state index contributed by atoms with van der Waals surface area (Å²) < 4.78 is 1.79. The summed E-state index contributed by atoms with van der Waals surface area (Å²) in [7, 11) is 1.90. The van der Waals surface area contributed by atoms with E-state index >= 15 is 0 Å². The van der Waals surface area contributed by atoms with E-state index in [2.05, 4.69) is 34.7 Å². The molecule has 170 valence electrons. The molecule has 2 aromatic carbocycles. The number of carboxylic acids is 1. The van der Waals surface area contributed by atoms with Crippen molar-refractivity contribution in [2.45, 2.75) is 38.5 Å². The van der Waals surface area contributed by atoms with Crippen LogP contribution in [0.2, 0.25) is 0 Å². The monoisotopic (exact) mass is 443 g/mol. The zero-order valence-corrected chi connectivity index (χ0v) is 18.8. The number of carbonyl (C=O) groups excluding carboxylic acids is 1. The second kappa shape index (κ2) is 9.86. The second-order valence-corrected chi connectivity index (χ2v) is 8.87. The van der Waals surface area contributed by atoms with Gasteiger partial charge in [-0.2, -0.15) is 5.10 Å². The minimum atomic E-state index is -1.000. The van der Waals surface area contributed by atoms with Crippen LogP contribution in [0.4, 0.5) is 5.69 Å². The zero-order valence-electron chi connectivity index (χ0n) is 18.8. The number of aliphatic carboxylic acids is 1. The SMILES string of the molecule is Cn1cc(-c2ccc(CC3(C(=O)Nc4cccc(/C=C/C(=O)O)c4)CCCCC3)cc2)cn1. The Morgan fingerprint density at radius 3 is 2.52 bits per heavy atom. The van der Waals surface area contributed by atoms with Crippen molar-refractivity contribution in [2.24, 2.45) is 12.5 Å². The molecule has 6 nitrogen and oxygen atoms in total. The average molecular weight is 444 g/mol. The minimum Gasteiger partial charge on any atom is -0.478 e. The first kappa shape index (κ1) is 22.5. The number of carboxylic acid groups (broad SMARTS) is 1. The highest BCUT2D eigenvalue weighted by molar-refractivity contribution is 5.96. The molecular weight excluding hydrogens is 414 g/mol. The minimum absolute atomic E-state index is 0.0397. The molecule has 33 heavy (non-hydrogen) atoms. The van der Waals surface area contributed by atoms with E-state index in [1.165, 1.54) is 6.08 Å². The van der Waals surface area contributed by atoms with Crippen molar-refractivity contribution in [3.8, 4) is 11.1 Å². The maximum absolute atomic E-state index is 13.5. The molecule has 1 amide bonds. The van der Waals surface area contributed by atoms with Crippen molar-refractivity contribution in [1.82, 2.24) is 9.78 Å². The Balaban J connectivity index is 1.52. The molecule has 0 aliphatic heterocycles. The van der Waals surface area contributed by atoms with Gasteiger partial charge in [-0.1, -0.05) is 55.7 Å². The van der Waals surface area contributed by atoms with E-state index in [9.17, 15) is 9.59 Å². The van der Waals surface area contributed by atoms with Crippen LogP contribution in [0.3, 0.4) is 0 Å². The van der Waals surface area contributed by atoms with Gasteiger partial charge in [-0.3, -0.25) is 9.48 Å². The van der Waals surface area contributed by atoms with Gasteiger partial charge in [0.2, 0.25) is 5.91 Å². The zero-order chi connectivity index (χ0) is 23.3. The summed E-state index contributed by atoms with van der Waals surface area (Å²) in [4.78, 5) is 24.3. The number of nitrogens with one attached hydrogen (secondary N) is 1. The van der Waals surface area contributed by atoms with Gasteiger partial charge in [0.25, 0.3) is 0 Å². The number of amides is 1. The summed E-state index contributed by atoms with van der Waals surface area (Å²) in [6.07, 6.45) is 12.1. The summed E-state index contributed by atoms with van der Waals surface area (Å²) in [6.45, 7) is 0. The lowest BCUT2D eigenvalue weighted by Crippen LogP contribution is -2.40. The fraction of sp³-hybridized carbons (Fsp3) is 0.296. The van der Waals surface area contributed by atoms with Crippen molar-refractivity contribution < 1.29 is 14.7 Å². The predicted octanol–water partition coefficient (Wildman–Crippen LogP) is 5.32. The summed E-state index contributed by atoms with van der Waals surface area (Å²) in [5.74, 6) is -0.960. The molecule has 2 N–H and O–H groups in total. The van der Waals surface area contributed by atoms with Crippen LogP contribution >= 0.6 is 0 Å². The summed E-state index contributed by atoms with van der Waals surface area (Å²) in [5.41, 5.74) is 4.31. The first-order valence-electron chi connectivity index (χ1n) is 11.3. The average Bonchev–Trinajstić information content (AvgIpc) is 3.25. The molecular formula is C27H29N3O3. The van der Waals surface area contributed by atoms with E-state index < -0.39 is 11.4 Å². The third-order valence-electron chi connectivity index (χ3n) is 6.39. The number of hydrogen-bond donors (Lipinski definition) is 2. The Labute approximate surface area is 194 Å². The van der Waals surface area contributed by atoms with Crippen molar-refractivity contribution >= 4 is 23.6 Å². The van der Waals surface area contributed by atoms with Crippen LogP contribution in [0.15, 0.2) is 67.0 Å². The molecule has 3 aromatic rings. The molecule has 1 heterocycles. The van der Waals surface area contributed by atoms with E-state index in [0.29, 0.717) is 12.1 Å². The lowest BCUT2D eigenvalue weighted by atomic mass is 9.69. The maximum atomic E-state index is 13.5. The fourth-order valence-electron chi connectivity index (χ4n) is 4.64. The Bertz CT molecular complexity index is 1160. The van der Waals surface area contributed by atoms with E-state index in [4.69, 9.17) is 5.11 Å². The molecule has 1 aromatic heterocycles. The van der Waals surface area contributed by atoms with Gasteiger partial charge >= 0.3 is 5.97 Å². The van der Waals surface area contributed by atoms with Gasteiger partial charge in [0, 0.05) is 30.6 Å². The van der Waals surface area contributed by atoms with E-state index in [-0.39, 0.29) is 5.91 Å². The first-order chi connectivity index (χ1) is 15.9. The van der Waals surface area contributed by atoms with Crippen LogP contribution in [0.5, 0.6) is 0 Å². The fourth-order valence-corrected chi connectivity index (χ4v) is 4.64. The quantitative estimate of drug-likeness (QED) is 0.484. The Hall–Kier alpha value is -3.67. The summed E-state index contributed by atoms with van der Waals surface area (Å²) in [5, 5.41) is 16.2. The maximum Gasteiger partial charge on any atom is 0.328 e. The molecule has 0 spiro atoms. The standard InChI is InChI=1S/C27H29N3O3/c1-30-19-23(18-28-30)22-11-8-21(9-12-22)17-27(14-3-2-4-15-27)26(33)29-24-7-5-6-20(16-24)10-13-25(31)32/h5-13,16,18-19H,2-4,14-15,17H2,1H3,(H,29,33)(H,31,32)/b13-10+. The van der Waals surface area contributed by atoms with Crippen LogP contribution in [0.25, 0.3) is 17.2 Å². The van der Waals surface area contributed by atoms with Crippen LogP contribution in [-0.4, -0.2) is 26.8 Å². The number of aromatic nitrogens is 2. The van der Waals surface area contributed by atoms with Gasteiger partial charge in [0.05, 0.1) is 11.6 Å². The molecule has 0 radical (unpaired) electrons. The number of aryl methyl sites for hydroxylation is 1. The van der Waals surface area contributed by atoms with E-state index in [1.807, 2.05) is 37.6 Å². The second-order valence-electron chi connectivity index (χ2n) is 8.87. The normalized spacial score (nSPS) is 15.4. The van der Waals surface area contributed by atoms with E-state index in [0.717, 1.165) is 60.4 Å². The smallest absolute Gasteiger partial charge is 0.328 e. The molecule has 6 heteroatoms. The number of benzene rings is 2. The van der Waals surface area contributed by atoms with Crippen molar-refractivity contribution in [2.75, 3.05) is 5.32 Å². The predicted molar refractivity (Wildman–Crippen MR) is 130 cm³/mol. The van der Waals surface area contributed by atoms with Crippen LogP contribution < -0.4 is 5.32 Å². The third-order valence-corrected chi connectivity index (χ3v) is 6.39. The number of nitrogens with zero attached hydrogens (tertiary/aromatic N) is 2. The largest absolute Gasteiger partial charge is 0.478 e. The highest BCUT2D eigenvalue weighted by Crippen LogP contribution is 2.40. The number of hydrogen-bond acceptors (Lipinski definition) is 3. The van der Waals surface area contributed by atoms with E-state index in [1.54, 1.807) is 10.7 Å². The van der Waals surface area contributed by atoms with Gasteiger partial charge in [0.1, 0.15) is 0 Å².